The van der Waals surface area contributed by atoms with Crippen LogP contribution in [0, 0.1) is 39.4 Å². The highest BCUT2D eigenvalue weighted by atomic mass is 16.7. The summed E-state index contributed by atoms with van der Waals surface area (Å²) >= 11 is 0. The van der Waals surface area contributed by atoms with Gasteiger partial charge in [0, 0.05) is 30.6 Å². The third-order valence-electron chi connectivity index (χ3n) is 13.3. The molecule has 4 aliphatic carbocycles. The van der Waals surface area contributed by atoms with Crippen LogP contribution in [0.1, 0.15) is 81.6 Å². The molecule has 13 nitrogen and oxygen atoms in total. The van der Waals surface area contributed by atoms with Crippen molar-refractivity contribution in [2.75, 3.05) is 6.61 Å². The Balaban J connectivity index is 1.52. The first-order valence-corrected chi connectivity index (χ1v) is 17.6. The van der Waals surface area contributed by atoms with Crippen molar-refractivity contribution >= 4 is 23.3 Å². The molecule has 51 heavy (non-hydrogen) atoms. The van der Waals surface area contributed by atoms with Gasteiger partial charge in [-0.05, 0) is 82.4 Å². The van der Waals surface area contributed by atoms with Gasteiger partial charge in [-0.3, -0.25) is 19.2 Å². The molecule has 5 rings (SSSR count). The fraction of sp³-hybridized carbons (Fsp3) is 0.737. The monoisotopic (exact) mass is 718 g/mol. The zero-order valence-corrected chi connectivity index (χ0v) is 30.9. The Morgan fingerprint density at radius 3 is 2.22 bits per heavy atom. The lowest BCUT2D eigenvalue weighted by molar-refractivity contribution is -0.291. The number of allylic oxidation sites excluding steroid dienone is 4. The second-order valence-corrected chi connectivity index (χ2v) is 17.2. The summed E-state index contributed by atoms with van der Waals surface area (Å²) in [6, 6.07) is 0. The van der Waals surface area contributed by atoms with Crippen molar-refractivity contribution in [1.82, 2.24) is 0 Å². The van der Waals surface area contributed by atoms with E-state index >= 15 is 0 Å². The van der Waals surface area contributed by atoms with Crippen LogP contribution in [0.25, 0.3) is 0 Å². The highest BCUT2D eigenvalue weighted by molar-refractivity contribution is 6.02. The third kappa shape index (κ3) is 5.87. The summed E-state index contributed by atoms with van der Waals surface area (Å²) in [6.07, 6.45) is -2.57. The number of ether oxygens (including phenoxy) is 3. The van der Waals surface area contributed by atoms with Crippen LogP contribution >= 0.6 is 0 Å². The van der Waals surface area contributed by atoms with Crippen LogP contribution in [0.3, 0.4) is 0 Å². The first kappa shape index (κ1) is 39.4. The van der Waals surface area contributed by atoms with E-state index in [0.717, 1.165) is 6.08 Å². The number of esters is 1. The van der Waals surface area contributed by atoms with Crippen LogP contribution in [-0.2, 0) is 33.4 Å². The van der Waals surface area contributed by atoms with Gasteiger partial charge in [0.15, 0.2) is 11.5 Å². The van der Waals surface area contributed by atoms with E-state index in [2.05, 4.69) is 0 Å². The number of fused-ring (bicyclic) bond motifs is 5. The molecule has 284 valence electrons. The molecule has 3 fully saturated rings. The fourth-order valence-electron chi connectivity index (χ4n) is 10.3. The summed E-state index contributed by atoms with van der Waals surface area (Å²) in [7, 11) is 0. The Labute approximate surface area is 298 Å². The molecule has 0 aromatic heterocycles. The second-order valence-electron chi connectivity index (χ2n) is 17.2. The van der Waals surface area contributed by atoms with Crippen LogP contribution < -0.4 is 0 Å². The van der Waals surface area contributed by atoms with Crippen molar-refractivity contribution in [1.29, 1.82) is 0 Å². The Bertz CT molecular complexity index is 1570. The van der Waals surface area contributed by atoms with E-state index < -0.39 is 112 Å². The van der Waals surface area contributed by atoms with Crippen LogP contribution in [0.5, 0.6) is 0 Å². The standard InChI is InChI=1S/C38H54O13/c1-18(40)51-33(2,3)13-12-25(42)38(9,48)30-21(41)15-35(6)24-11-10-19-20(37(24,8)26(43)16-36(30,35)7)14-22(31(47)34(19,4)5)49-32-29(46)28(45)27(44)23(17-39)50-32/h10,12-14,20-21,23-24,27-30,32,39,41,44-46,48H,11,15-17H2,1-9H3/b13-12+/t20-,21?,23?,24-,27?,28?,29?,30?,32?,35-,36+,37+,38?/m0/s1. The van der Waals surface area contributed by atoms with E-state index in [4.69, 9.17) is 14.2 Å². The lowest BCUT2D eigenvalue weighted by Gasteiger charge is -2.63. The number of hydrogen-bond donors (Lipinski definition) is 6. The zero-order valence-electron chi connectivity index (χ0n) is 30.9. The van der Waals surface area contributed by atoms with Crippen molar-refractivity contribution in [2.24, 2.45) is 39.4 Å². The van der Waals surface area contributed by atoms with E-state index in [-0.39, 0.29) is 24.4 Å². The highest BCUT2D eigenvalue weighted by Crippen LogP contribution is 2.73. The lowest BCUT2D eigenvalue weighted by atomic mass is 9.39. The largest absolute Gasteiger partial charge is 0.459 e. The molecule has 13 heteroatoms. The molecule has 0 bridgehead atoms. The first-order chi connectivity index (χ1) is 23.3. The van der Waals surface area contributed by atoms with E-state index in [1.807, 2.05) is 26.8 Å². The molecule has 0 amide bonds. The molecule has 0 aromatic rings. The van der Waals surface area contributed by atoms with Crippen LogP contribution in [0.15, 0.2) is 35.6 Å². The number of carbonyl (C=O) groups is 4. The van der Waals surface area contributed by atoms with Crippen molar-refractivity contribution in [3.63, 3.8) is 0 Å². The predicted molar refractivity (Wildman–Crippen MR) is 180 cm³/mol. The second kappa shape index (κ2) is 12.7. The van der Waals surface area contributed by atoms with Gasteiger partial charge < -0.3 is 44.8 Å². The summed E-state index contributed by atoms with van der Waals surface area (Å²) in [6.45, 7) is 14.2. The van der Waals surface area contributed by atoms with Gasteiger partial charge in [0.1, 0.15) is 41.4 Å². The van der Waals surface area contributed by atoms with Crippen LogP contribution in [0.4, 0.5) is 0 Å². The van der Waals surface area contributed by atoms with Gasteiger partial charge in [0.25, 0.3) is 0 Å². The van der Waals surface area contributed by atoms with E-state index in [9.17, 15) is 49.8 Å². The maximum atomic E-state index is 14.8. The summed E-state index contributed by atoms with van der Waals surface area (Å²) in [5.41, 5.74) is -6.62. The summed E-state index contributed by atoms with van der Waals surface area (Å²) in [5, 5.41) is 64.6. The van der Waals surface area contributed by atoms with E-state index in [0.29, 0.717) is 12.0 Å². The fourth-order valence-corrected chi connectivity index (χ4v) is 10.3. The number of ketones is 3. The van der Waals surface area contributed by atoms with Gasteiger partial charge in [-0.1, -0.05) is 32.4 Å². The first-order valence-electron chi connectivity index (χ1n) is 17.6. The molecule has 0 radical (unpaired) electrons. The molecule has 0 aromatic carbocycles. The quantitative estimate of drug-likeness (QED) is 0.119. The lowest BCUT2D eigenvalue weighted by Crippen LogP contribution is -2.64. The van der Waals surface area contributed by atoms with Crippen molar-refractivity contribution < 1.29 is 64.0 Å². The molecule has 2 saturated carbocycles. The number of Topliss-reactive ketones (excluding diaryl/α,β-unsaturated/α-hetero) is 2. The third-order valence-corrected chi connectivity index (χ3v) is 13.3. The number of aliphatic hydroxyl groups excluding tert-OH is 5. The Kier molecular flexibility index (Phi) is 9.80. The topological polar surface area (TPSA) is 217 Å². The molecule has 1 aliphatic heterocycles. The van der Waals surface area contributed by atoms with Gasteiger partial charge >= 0.3 is 5.97 Å². The SMILES string of the molecule is CC(=O)OC(C)(C)/C=C/C(=O)C(C)(O)C1C(O)C[C@@]2(C)[C@@H]3CC=C4[C@H](C=C(OC5OC(CO)C(O)C(O)C5O)C(=O)C4(C)C)[C@@]3(C)C(=O)C[C@]12C. The smallest absolute Gasteiger partial charge is 0.303 e. The molecule has 8 unspecified atom stereocenters. The van der Waals surface area contributed by atoms with Crippen molar-refractivity contribution in [3.8, 4) is 0 Å². The predicted octanol–water partition coefficient (Wildman–Crippen LogP) is 1.45. The van der Waals surface area contributed by atoms with Gasteiger partial charge in [-0.2, -0.15) is 0 Å². The van der Waals surface area contributed by atoms with Crippen molar-refractivity contribution in [3.05, 3.63) is 35.6 Å². The summed E-state index contributed by atoms with van der Waals surface area (Å²) in [5.74, 6) is -4.17. The normalized spacial score (nSPS) is 43.3. The van der Waals surface area contributed by atoms with Gasteiger partial charge in [-0.15, -0.1) is 0 Å². The number of rotatable bonds is 8. The minimum Gasteiger partial charge on any atom is -0.459 e. The molecule has 1 saturated heterocycles. The molecule has 13 atom stereocenters. The molecule has 5 aliphatic rings. The average Bonchev–Trinajstić information content (AvgIpc) is 3.22. The van der Waals surface area contributed by atoms with Crippen LogP contribution in [0.2, 0.25) is 0 Å². The average molecular weight is 719 g/mol. The number of aliphatic hydroxyl groups is 6. The van der Waals surface area contributed by atoms with E-state index in [1.54, 1.807) is 33.8 Å². The maximum absolute atomic E-state index is 14.8. The number of hydrogen-bond acceptors (Lipinski definition) is 13. The molecule has 0 spiro atoms. The zero-order chi connectivity index (χ0) is 38.4. The molecular weight excluding hydrogens is 664 g/mol. The van der Waals surface area contributed by atoms with Crippen molar-refractivity contribution in [2.45, 2.75) is 130 Å². The van der Waals surface area contributed by atoms with E-state index in [1.165, 1.54) is 19.9 Å². The maximum Gasteiger partial charge on any atom is 0.303 e. The molecular formula is C38H54O13. The minimum absolute atomic E-state index is 0.0841. The Morgan fingerprint density at radius 2 is 1.63 bits per heavy atom. The summed E-state index contributed by atoms with van der Waals surface area (Å²) < 4.78 is 16.7. The van der Waals surface area contributed by atoms with Gasteiger partial charge in [0.05, 0.1) is 18.1 Å². The molecule has 1 heterocycles. The van der Waals surface area contributed by atoms with Crippen LogP contribution in [-0.4, -0.2) is 109 Å². The van der Waals surface area contributed by atoms with Gasteiger partial charge in [0.2, 0.25) is 12.1 Å². The number of carbonyl (C=O) groups excluding carboxylic acids is 4. The molecule has 6 N–H and O–H groups in total. The Morgan fingerprint density at radius 1 is 1.00 bits per heavy atom. The Hall–Kier alpha value is -2.78. The minimum atomic E-state index is -2.09. The highest BCUT2D eigenvalue weighted by Gasteiger charge is 2.74. The summed E-state index contributed by atoms with van der Waals surface area (Å²) in [4.78, 5) is 53.9. The van der Waals surface area contributed by atoms with Gasteiger partial charge in [-0.25, -0.2) is 0 Å².